The van der Waals surface area contributed by atoms with Crippen molar-refractivity contribution in [3.05, 3.63) is 47.5 Å². The van der Waals surface area contributed by atoms with Crippen molar-refractivity contribution in [2.24, 2.45) is 0 Å². The molecule has 0 bridgehead atoms. The lowest BCUT2D eigenvalue weighted by atomic mass is 10.1. The molecule has 5 heteroatoms. The Bertz CT molecular complexity index is 613. The summed E-state index contributed by atoms with van der Waals surface area (Å²) in [5.74, 6) is 1.59. The predicted molar refractivity (Wildman–Crippen MR) is 76.4 cm³/mol. The zero-order valence-corrected chi connectivity index (χ0v) is 11.8. The molecule has 0 atom stereocenters. The summed E-state index contributed by atoms with van der Waals surface area (Å²) < 4.78 is 7.23. The average Bonchev–Trinajstić information content (AvgIpc) is 2.92. The first kappa shape index (κ1) is 14.1. The zero-order valence-electron chi connectivity index (χ0n) is 11.8. The highest BCUT2D eigenvalue weighted by Crippen LogP contribution is 2.19. The van der Waals surface area contributed by atoms with Crippen LogP contribution in [0.15, 0.2) is 30.6 Å². The maximum absolute atomic E-state index is 9.11. The highest BCUT2D eigenvalue weighted by atomic mass is 16.5. The van der Waals surface area contributed by atoms with Gasteiger partial charge in [-0.15, -0.1) is 0 Å². The second-order valence-electron chi connectivity index (χ2n) is 4.40. The summed E-state index contributed by atoms with van der Waals surface area (Å²) in [6.45, 7) is 4.41. The number of rotatable bonds is 6. The van der Waals surface area contributed by atoms with Gasteiger partial charge in [0.05, 0.1) is 19.2 Å². The number of hydrogen-bond donors (Lipinski definition) is 1. The number of benzene rings is 1. The van der Waals surface area contributed by atoms with Gasteiger partial charge in [-0.2, -0.15) is 5.26 Å². The van der Waals surface area contributed by atoms with Crippen LogP contribution >= 0.6 is 0 Å². The topological polar surface area (TPSA) is 62.9 Å². The lowest BCUT2D eigenvalue weighted by Crippen LogP contribution is -2.16. The third-order valence-electron chi connectivity index (χ3n) is 3.07. The summed E-state index contributed by atoms with van der Waals surface area (Å²) in [7, 11) is 1.57. The van der Waals surface area contributed by atoms with E-state index in [-0.39, 0.29) is 0 Å². The van der Waals surface area contributed by atoms with E-state index >= 15 is 0 Å². The van der Waals surface area contributed by atoms with E-state index < -0.39 is 0 Å². The van der Waals surface area contributed by atoms with Gasteiger partial charge in [0.2, 0.25) is 0 Å². The molecule has 0 aliphatic carbocycles. The van der Waals surface area contributed by atoms with E-state index in [1.807, 2.05) is 24.4 Å². The summed E-state index contributed by atoms with van der Waals surface area (Å²) in [4.78, 5) is 4.34. The van der Waals surface area contributed by atoms with Crippen LogP contribution in [0.1, 0.15) is 23.9 Å². The van der Waals surface area contributed by atoms with Crippen molar-refractivity contribution in [3.63, 3.8) is 0 Å². The van der Waals surface area contributed by atoms with Crippen LogP contribution < -0.4 is 10.1 Å². The first-order valence-corrected chi connectivity index (χ1v) is 6.56. The van der Waals surface area contributed by atoms with Gasteiger partial charge >= 0.3 is 0 Å². The SMILES string of the molecule is CCNCc1nccn1Cc1ccc(OC)c(C#N)c1. The molecule has 0 aliphatic rings. The van der Waals surface area contributed by atoms with Crippen LogP contribution in [0.5, 0.6) is 5.75 Å². The normalized spacial score (nSPS) is 10.2. The molecule has 20 heavy (non-hydrogen) atoms. The lowest BCUT2D eigenvalue weighted by molar-refractivity contribution is 0.413. The molecular formula is C15H18N4O. The fourth-order valence-electron chi connectivity index (χ4n) is 2.03. The van der Waals surface area contributed by atoms with Gasteiger partial charge in [-0.1, -0.05) is 13.0 Å². The van der Waals surface area contributed by atoms with E-state index in [9.17, 15) is 0 Å². The number of nitrogens with one attached hydrogen (secondary N) is 1. The van der Waals surface area contributed by atoms with Gasteiger partial charge in [0, 0.05) is 18.9 Å². The summed E-state index contributed by atoms with van der Waals surface area (Å²) in [6, 6.07) is 7.81. The lowest BCUT2D eigenvalue weighted by Gasteiger charge is -2.10. The molecule has 1 heterocycles. The van der Waals surface area contributed by atoms with Gasteiger partial charge in [-0.25, -0.2) is 4.98 Å². The molecule has 1 aromatic heterocycles. The van der Waals surface area contributed by atoms with Crippen molar-refractivity contribution in [2.75, 3.05) is 13.7 Å². The molecule has 0 saturated heterocycles. The van der Waals surface area contributed by atoms with E-state index in [1.165, 1.54) is 0 Å². The minimum atomic E-state index is 0.554. The molecule has 0 saturated carbocycles. The van der Waals surface area contributed by atoms with Crippen LogP contribution in [0.4, 0.5) is 0 Å². The summed E-state index contributed by atoms with van der Waals surface area (Å²) in [5.41, 5.74) is 1.61. The Kier molecular flexibility index (Phi) is 4.75. The van der Waals surface area contributed by atoms with Gasteiger partial charge in [0.25, 0.3) is 0 Å². The number of nitriles is 1. The van der Waals surface area contributed by atoms with Crippen molar-refractivity contribution >= 4 is 0 Å². The first-order valence-electron chi connectivity index (χ1n) is 6.56. The second kappa shape index (κ2) is 6.73. The molecular weight excluding hydrogens is 252 g/mol. The molecule has 5 nitrogen and oxygen atoms in total. The molecule has 1 N–H and O–H groups in total. The van der Waals surface area contributed by atoms with Crippen molar-refractivity contribution in [1.82, 2.24) is 14.9 Å². The van der Waals surface area contributed by atoms with Gasteiger partial charge in [0.15, 0.2) is 0 Å². The Morgan fingerprint density at radius 3 is 3.00 bits per heavy atom. The largest absolute Gasteiger partial charge is 0.495 e. The van der Waals surface area contributed by atoms with Crippen LogP contribution in [0.25, 0.3) is 0 Å². The number of nitrogens with zero attached hydrogens (tertiary/aromatic N) is 3. The average molecular weight is 270 g/mol. The van der Waals surface area contributed by atoms with Gasteiger partial charge in [-0.05, 0) is 24.2 Å². The number of methoxy groups -OCH3 is 1. The van der Waals surface area contributed by atoms with Gasteiger partial charge in [-0.3, -0.25) is 0 Å². The van der Waals surface area contributed by atoms with Crippen LogP contribution in [0.2, 0.25) is 0 Å². The van der Waals surface area contributed by atoms with E-state index in [0.29, 0.717) is 17.9 Å². The monoisotopic (exact) mass is 270 g/mol. The maximum atomic E-state index is 9.11. The fraction of sp³-hybridized carbons (Fsp3) is 0.333. The van der Waals surface area contributed by atoms with Gasteiger partial charge < -0.3 is 14.6 Å². The molecule has 2 aromatic rings. The van der Waals surface area contributed by atoms with Gasteiger partial charge in [0.1, 0.15) is 17.6 Å². The van der Waals surface area contributed by atoms with Crippen molar-refractivity contribution in [3.8, 4) is 11.8 Å². The molecule has 1 aromatic carbocycles. The summed E-state index contributed by atoms with van der Waals surface area (Å²) >= 11 is 0. The zero-order chi connectivity index (χ0) is 14.4. The molecule has 0 aliphatic heterocycles. The number of aromatic nitrogens is 2. The number of imidazole rings is 1. The number of ether oxygens (including phenoxy) is 1. The van der Waals surface area contributed by atoms with Crippen molar-refractivity contribution in [2.45, 2.75) is 20.0 Å². The molecule has 0 spiro atoms. The van der Waals surface area contributed by atoms with E-state index in [0.717, 1.165) is 24.5 Å². The molecule has 0 unspecified atom stereocenters. The van der Waals surface area contributed by atoms with Crippen molar-refractivity contribution in [1.29, 1.82) is 5.26 Å². The van der Waals surface area contributed by atoms with E-state index in [4.69, 9.17) is 10.00 Å². The third-order valence-corrected chi connectivity index (χ3v) is 3.07. The summed E-state index contributed by atoms with van der Waals surface area (Å²) in [5, 5.41) is 12.4. The molecule has 0 radical (unpaired) electrons. The highest BCUT2D eigenvalue weighted by Gasteiger charge is 2.06. The van der Waals surface area contributed by atoms with Crippen molar-refractivity contribution < 1.29 is 4.74 Å². The number of hydrogen-bond acceptors (Lipinski definition) is 4. The molecule has 0 fully saturated rings. The molecule has 0 amide bonds. The quantitative estimate of drug-likeness (QED) is 0.871. The Morgan fingerprint density at radius 2 is 2.30 bits per heavy atom. The minimum absolute atomic E-state index is 0.554. The van der Waals surface area contributed by atoms with E-state index in [2.05, 4.69) is 27.9 Å². The molecule has 104 valence electrons. The Balaban J connectivity index is 2.18. The minimum Gasteiger partial charge on any atom is -0.495 e. The highest BCUT2D eigenvalue weighted by molar-refractivity contribution is 5.45. The smallest absolute Gasteiger partial charge is 0.136 e. The Hall–Kier alpha value is -2.32. The summed E-state index contributed by atoms with van der Waals surface area (Å²) in [6.07, 6.45) is 3.74. The third kappa shape index (κ3) is 3.16. The Morgan fingerprint density at radius 1 is 1.45 bits per heavy atom. The maximum Gasteiger partial charge on any atom is 0.136 e. The Labute approximate surface area is 118 Å². The van der Waals surface area contributed by atoms with Crippen LogP contribution in [-0.4, -0.2) is 23.2 Å². The first-order chi connectivity index (χ1) is 9.78. The van der Waals surface area contributed by atoms with E-state index in [1.54, 1.807) is 13.3 Å². The van der Waals surface area contributed by atoms with Crippen LogP contribution in [-0.2, 0) is 13.1 Å². The molecule has 2 rings (SSSR count). The van der Waals surface area contributed by atoms with Crippen LogP contribution in [0, 0.1) is 11.3 Å². The van der Waals surface area contributed by atoms with Crippen LogP contribution in [0.3, 0.4) is 0 Å². The predicted octanol–water partition coefficient (Wildman–Crippen LogP) is 1.92. The fourth-order valence-corrected chi connectivity index (χ4v) is 2.03. The second-order valence-corrected chi connectivity index (χ2v) is 4.40. The standard InChI is InChI=1S/C15H18N4O/c1-3-17-10-15-18-6-7-19(15)11-12-4-5-14(20-2)13(8-12)9-16/h4-8,17H,3,10-11H2,1-2H3.